The van der Waals surface area contributed by atoms with Crippen molar-refractivity contribution in [1.82, 2.24) is 0 Å². The largest absolute Gasteiger partial charge is 0.439 e. The summed E-state index contributed by atoms with van der Waals surface area (Å²) in [5, 5.41) is 14.7. The van der Waals surface area contributed by atoms with Crippen molar-refractivity contribution >= 4 is 32.5 Å². The maximum absolute atomic E-state index is 13.2. The summed E-state index contributed by atoms with van der Waals surface area (Å²) < 4.78 is 11.5. The van der Waals surface area contributed by atoms with Crippen molar-refractivity contribution in [1.29, 1.82) is 5.26 Å². The van der Waals surface area contributed by atoms with Gasteiger partial charge in [-0.2, -0.15) is 5.26 Å². The molecule has 0 saturated carbocycles. The van der Waals surface area contributed by atoms with Crippen LogP contribution in [-0.4, -0.2) is 0 Å². The maximum atomic E-state index is 13.2. The Morgan fingerprint density at radius 3 is 2.28 bits per heavy atom. The van der Waals surface area contributed by atoms with E-state index in [1.807, 2.05) is 60.7 Å². The molecule has 1 aliphatic rings. The van der Waals surface area contributed by atoms with Crippen LogP contribution >= 0.6 is 0 Å². The summed E-state index contributed by atoms with van der Waals surface area (Å²) in [5.74, 6) is -0.368. The Bertz CT molecular complexity index is 1710. The fourth-order valence-corrected chi connectivity index (χ4v) is 4.70. The van der Waals surface area contributed by atoms with Gasteiger partial charge in [0.2, 0.25) is 5.88 Å². The molecule has 1 aliphatic heterocycles. The average Bonchev–Trinajstić information content (AvgIpc) is 2.83. The van der Waals surface area contributed by atoms with Gasteiger partial charge in [0.1, 0.15) is 17.2 Å². The van der Waals surface area contributed by atoms with Gasteiger partial charge in [0, 0.05) is 0 Å². The van der Waals surface area contributed by atoms with Crippen LogP contribution in [0.25, 0.3) is 32.5 Å². The Labute approximate surface area is 182 Å². The van der Waals surface area contributed by atoms with E-state index in [1.165, 1.54) is 0 Å². The zero-order valence-electron chi connectivity index (χ0n) is 16.8. The second-order valence-corrected chi connectivity index (χ2v) is 7.79. The first-order chi connectivity index (χ1) is 15.7. The van der Waals surface area contributed by atoms with Crippen LogP contribution in [0.5, 0.6) is 5.75 Å². The number of nitrogens with zero attached hydrogens (tertiary/aromatic N) is 1. The Morgan fingerprint density at radius 1 is 0.844 bits per heavy atom. The molecule has 1 aromatic heterocycles. The quantitative estimate of drug-likeness (QED) is 0.295. The van der Waals surface area contributed by atoms with Gasteiger partial charge in [-0.15, -0.1) is 0 Å². The molecular weight excluding hydrogens is 400 g/mol. The minimum absolute atomic E-state index is 0.00186. The monoisotopic (exact) mass is 416 g/mol. The molecule has 5 aromatic rings. The molecule has 2 N–H and O–H groups in total. The third kappa shape index (κ3) is 2.47. The highest BCUT2D eigenvalue weighted by atomic mass is 16.5. The predicted octanol–water partition coefficient (Wildman–Crippen LogP) is 5.32. The van der Waals surface area contributed by atoms with Crippen LogP contribution in [0.15, 0.2) is 99.5 Å². The third-order valence-corrected chi connectivity index (χ3v) is 6.09. The number of ether oxygens (including phenoxy) is 1. The van der Waals surface area contributed by atoms with Gasteiger partial charge in [0.25, 0.3) is 0 Å². The first kappa shape index (κ1) is 18.2. The molecule has 0 saturated heterocycles. The lowest BCUT2D eigenvalue weighted by molar-refractivity contribution is 0.388. The second-order valence-electron chi connectivity index (χ2n) is 7.79. The van der Waals surface area contributed by atoms with Crippen molar-refractivity contribution in [2.75, 3.05) is 0 Å². The van der Waals surface area contributed by atoms with E-state index in [4.69, 9.17) is 14.9 Å². The van der Waals surface area contributed by atoms with Crippen molar-refractivity contribution in [3.05, 3.63) is 112 Å². The zero-order chi connectivity index (χ0) is 21.8. The molecule has 5 heteroatoms. The highest BCUT2D eigenvalue weighted by Gasteiger charge is 2.36. The van der Waals surface area contributed by atoms with Crippen LogP contribution in [0.4, 0.5) is 0 Å². The Morgan fingerprint density at radius 2 is 1.50 bits per heavy atom. The van der Waals surface area contributed by atoms with E-state index in [0.29, 0.717) is 16.7 Å². The van der Waals surface area contributed by atoms with Crippen molar-refractivity contribution in [2.45, 2.75) is 5.92 Å². The highest BCUT2D eigenvalue weighted by molar-refractivity contribution is 6.09. The average molecular weight is 416 g/mol. The molecule has 0 fully saturated rings. The van der Waals surface area contributed by atoms with Crippen LogP contribution < -0.4 is 16.1 Å². The van der Waals surface area contributed by atoms with Gasteiger partial charge < -0.3 is 14.9 Å². The molecule has 4 aromatic carbocycles. The molecule has 0 aliphatic carbocycles. The molecule has 0 amide bonds. The standard InChI is InChI=1S/C27H16N2O3/c28-14-21-23(20-13-15-7-1-2-8-16(15)17-9-3-4-10-18(17)20)24-25(32-26(21)29)19-11-5-6-12-22(19)31-27(24)30/h1-13,23H,29H2. The summed E-state index contributed by atoms with van der Waals surface area (Å²) in [4.78, 5) is 13.2. The molecule has 2 heterocycles. The maximum Gasteiger partial charge on any atom is 0.344 e. The van der Waals surface area contributed by atoms with E-state index in [2.05, 4.69) is 12.1 Å². The molecular formula is C27H16N2O3. The number of nitrogens with two attached hydrogens (primary N) is 1. The number of rotatable bonds is 1. The summed E-state index contributed by atoms with van der Waals surface area (Å²) in [6.45, 7) is 0. The van der Waals surface area contributed by atoms with E-state index < -0.39 is 11.5 Å². The lowest BCUT2D eigenvalue weighted by Gasteiger charge is -2.27. The minimum Gasteiger partial charge on any atom is -0.439 e. The Hall–Kier alpha value is -4.56. The van der Waals surface area contributed by atoms with E-state index in [9.17, 15) is 10.1 Å². The van der Waals surface area contributed by atoms with Gasteiger partial charge in [-0.05, 0) is 45.3 Å². The number of hydrogen-bond acceptors (Lipinski definition) is 5. The predicted molar refractivity (Wildman–Crippen MR) is 123 cm³/mol. The van der Waals surface area contributed by atoms with Crippen LogP contribution in [0, 0.1) is 11.3 Å². The number of fused-ring (bicyclic) bond motifs is 6. The van der Waals surface area contributed by atoms with Crippen LogP contribution in [-0.2, 0) is 0 Å². The first-order valence-corrected chi connectivity index (χ1v) is 10.2. The van der Waals surface area contributed by atoms with Crippen LogP contribution in [0.1, 0.15) is 17.0 Å². The fourth-order valence-electron chi connectivity index (χ4n) is 4.70. The summed E-state index contributed by atoms with van der Waals surface area (Å²) in [7, 11) is 0. The normalized spacial score (nSPS) is 15.5. The van der Waals surface area contributed by atoms with E-state index in [-0.39, 0.29) is 17.0 Å². The number of para-hydroxylation sites is 1. The van der Waals surface area contributed by atoms with E-state index in [0.717, 1.165) is 27.1 Å². The lowest BCUT2D eigenvalue weighted by Crippen LogP contribution is -2.26. The van der Waals surface area contributed by atoms with Crippen molar-refractivity contribution < 1.29 is 9.15 Å². The molecule has 5 nitrogen and oxygen atoms in total. The number of benzene rings is 4. The first-order valence-electron chi connectivity index (χ1n) is 10.2. The molecule has 0 radical (unpaired) electrons. The SMILES string of the molecule is N#CC1=C(N)Oc2c(c(=O)oc3ccccc23)C1c1cc2ccccc2c2ccccc12. The van der Waals surface area contributed by atoms with Gasteiger partial charge >= 0.3 is 5.63 Å². The minimum atomic E-state index is -0.709. The van der Waals surface area contributed by atoms with Crippen molar-refractivity contribution in [3.8, 4) is 11.8 Å². The van der Waals surface area contributed by atoms with Gasteiger partial charge in [0.15, 0.2) is 5.75 Å². The Kier molecular flexibility index (Phi) is 3.83. The number of allylic oxidation sites excluding steroid dienone is 1. The lowest BCUT2D eigenvalue weighted by atomic mass is 9.80. The third-order valence-electron chi connectivity index (χ3n) is 6.09. The summed E-state index contributed by atoms with van der Waals surface area (Å²) in [6.07, 6.45) is 0. The number of hydrogen-bond donors (Lipinski definition) is 1. The van der Waals surface area contributed by atoms with Gasteiger partial charge in [0.05, 0.1) is 16.9 Å². The van der Waals surface area contributed by atoms with Crippen molar-refractivity contribution in [2.24, 2.45) is 5.73 Å². The Balaban J connectivity index is 1.78. The van der Waals surface area contributed by atoms with Gasteiger partial charge in [-0.25, -0.2) is 4.79 Å². The van der Waals surface area contributed by atoms with Crippen LogP contribution in [0.2, 0.25) is 0 Å². The summed E-state index contributed by atoms with van der Waals surface area (Å²) >= 11 is 0. The van der Waals surface area contributed by atoms with E-state index >= 15 is 0 Å². The van der Waals surface area contributed by atoms with E-state index in [1.54, 1.807) is 12.1 Å². The molecule has 0 bridgehead atoms. The second kappa shape index (κ2) is 6.73. The molecule has 152 valence electrons. The smallest absolute Gasteiger partial charge is 0.344 e. The molecule has 1 unspecified atom stereocenters. The zero-order valence-corrected chi connectivity index (χ0v) is 16.8. The highest BCUT2D eigenvalue weighted by Crippen LogP contribution is 2.46. The molecule has 6 rings (SSSR count). The van der Waals surface area contributed by atoms with Crippen LogP contribution in [0.3, 0.4) is 0 Å². The van der Waals surface area contributed by atoms with Gasteiger partial charge in [-0.1, -0.05) is 60.7 Å². The van der Waals surface area contributed by atoms with Gasteiger partial charge in [-0.3, -0.25) is 0 Å². The number of nitriles is 1. The fraction of sp³-hybridized carbons (Fsp3) is 0.0370. The molecule has 0 spiro atoms. The summed E-state index contributed by atoms with van der Waals surface area (Å²) in [6, 6.07) is 27.4. The summed E-state index contributed by atoms with van der Waals surface area (Å²) in [5.41, 5.74) is 7.39. The molecule has 32 heavy (non-hydrogen) atoms. The topological polar surface area (TPSA) is 89.3 Å². The molecule has 1 atom stereocenters. The van der Waals surface area contributed by atoms with Crippen molar-refractivity contribution in [3.63, 3.8) is 0 Å².